The monoisotopic (exact) mass is 271 g/mol. The lowest BCUT2D eigenvalue weighted by Crippen LogP contribution is -2.26. The summed E-state index contributed by atoms with van der Waals surface area (Å²) in [6.45, 7) is 1.77. The van der Waals surface area contributed by atoms with E-state index in [-0.39, 0.29) is 17.0 Å². The van der Waals surface area contributed by atoms with Crippen molar-refractivity contribution in [1.82, 2.24) is 0 Å². The zero-order valence-electron chi connectivity index (χ0n) is 9.74. The van der Waals surface area contributed by atoms with Crippen LogP contribution in [-0.2, 0) is 15.6 Å². The van der Waals surface area contributed by atoms with Gasteiger partial charge in [-0.2, -0.15) is 0 Å². The van der Waals surface area contributed by atoms with Crippen LogP contribution >= 0.6 is 0 Å². The summed E-state index contributed by atoms with van der Waals surface area (Å²) in [5, 5.41) is 18.7. The molecule has 2 unspecified atom stereocenters. The SMILES string of the molecule is CCCC(C(=O)O)S(=O)c1ccccc1[N+](=O)[O-]. The molecule has 7 heteroatoms. The Hall–Kier alpha value is -1.76. The first-order valence-electron chi connectivity index (χ1n) is 5.35. The molecule has 0 aliphatic heterocycles. The van der Waals surface area contributed by atoms with Crippen LogP contribution < -0.4 is 0 Å². The first-order chi connectivity index (χ1) is 8.49. The maximum atomic E-state index is 12.1. The molecule has 0 aromatic heterocycles. The summed E-state index contributed by atoms with van der Waals surface area (Å²) in [6.07, 6.45) is 0.761. The molecule has 1 aromatic rings. The fourth-order valence-corrected chi connectivity index (χ4v) is 3.02. The van der Waals surface area contributed by atoms with E-state index in [1.165, 1.54) is 24.3 Å². The summed E-state index contributed by atoms with van der Waals surface area (Å²) < 4.78 is 12.1. The largest absolute Gasteiger partial charge is 0.480 e. The number of rotatable bonds is 6. The Morgan fingerprint density at radius 3 is 2.61 bits per heavy atom. The highest BCUT2D eigenvalue weighted by Gasteiger charge is 2.29. The first kappa shape index (κ1) is 14.3. The molecule has 18 heavy (non-hydrogen) atoms. The number of nitro groups is 1. The van der Waals surface area contributed by atoms with Crippen molar-refractivity contribution in [2.75, 3.05) is 0 Å². The van der Waals surface area contributed by atoms with Gasteiger partial charge in [0, 0.05) is 6.07 Å². The summed E-state index contributed by atoms with van der Waals surface area (Å²) in [5.74, 6) is -1.20. The predicted octanol–water partition coefficient (Wildman–Crippen LogP) is 1.96. The van der Waals surface area contributed by atoms with Crippen LogP contribution in [0.25, 0.3) is 0 Å². The lowest BCUT2D eigenvalue weighted by Gasteiger charge is -2.11. The minimum absolute atomic E-state index is 0.0386. The van der Waals surface area contributed by atoms with E-state index in [9.17, 15) is 19.1 Å². The van der Waals surface area contributed by atoms with Crippen molar-refractivity contribution in [3.8, 4) is 0 Å². The number of aliphatic carboxylic acids is 1. The second-order valence-corrected chi connectivity index (χ2v) is 5.24. The van der Waals surface area contributed by atoms with E-state index in [4.69, 9.17) is 5.11 Å². The molecule has 1 rings (SSSR count). The summed E-state index contributed by atoms with van der Waals surface area (Å²) in [5.41, 5.74) is -0.307. The molecule has 1 N–H and O–H groups in total. The van der Waals surface area contributed by atoms with Crippen LogP contribution in [0, 0.1) is 10.1 Å². The first-order valence-corrected chi connectivity index (χ1v) is 6.57. The lowest BCUT2D eigenvalue weighted by molar-refractivity contribution is -0.387. The van der Waals surface area contributed by atoms with E-state index in [0.29, 0.717) is 6.42 Å². The minimum Gasteiger partial charge on any atom is -0.480 e. The molecule has 2 atom stereocenters. The third kappa shape index (κ3) is 3.13. The summed E-state index contributed by atoms with van der Waals surface area (Å²) in [7, 11) is -1.92. The molecule has 0 aliphatic carbocycles. The van der Waals surface area contributed by atoms with Crippen LogP contribution in [-0.4, -0.2) is 25.5 Å². The third-order valence-corrected chi connectivity index (χ3v) is 4.10. The van der Waals surface area contributed by atoms with Crippen molar-refractivity contribution < 1.29 is 19.0 Å². The van der Waals surface area contributed by atoms with E-state index in [1.54, 1.807) is 6.92 Å². The van der Waals surface area contributed by atoms with Crippen LogP contribution in [0.2, 0.25) is 0 Å². The van der Waals surface area contributed by atoms with Gasteiger partial charge in [-0.25, -0.2) is 0 Å². The van der Waals surface area contributed by atoms with Crippen LogP contribution in [0.15, 0.2) is 29.2 Å². The van der Waals surface area contributed by atoms with E-state index in [0.717, 1.165) is 0 Å². The Balaban J connectivity index is 3.16. The Bertz CT molecular complexity index is 488. The molecule has 0 spiro atoms. The Kier molecular flexibility index (Phi) is 4.96. The van der Waals surface area contributed by atoms with E-state index in [2.05, 4.69) is 0 Å². The van der Waals surface area contributed by atoms with Crippen molar-refractivity contribution >= 4 is 22.5 Å². The van der Waals surface area contributed by atoms with E-state index < -0.39 is 26.9 Å². The second kappa shape index (κ2) is 6.25. The molecule has 6 nitrogen and oxygen atoms in total. The van der Waals surface area contributed by atoms with Gasteiger partial charge in [0.2, 0.25) is 0 Å². The van der Waals surface area contributed by atoms with Gasteiger partial charge < -0.3 is 5.11 Å². The van der Waals surface area contributed by atoms with Gasteiger partial charge in [0.1, 0.15) is 10.1 Å². The lowest BCUT2D eigenvalue weighted by atomic mass is 10.2. The standard InChI is InChI=1S/C11H13NO5S/c1-2-5-10(11(13)14)18(17)9-7-4-3-6-8(9)12(15)16/h3-4,6-7,10H,2,5H2,1H3,(H,13,14). The van der Waals surface area contributed by atoms with Gasteiger partial charge in [0.15, 0.2) is 0 Å². The highest BCUT2D eigenvalue weighted by molar-refractivity contribution is 7.86. The van der Waals surface area contributed by atoms with Crippen molar-refractivity contribution in [2.24, 2.45) is 0 Å². The number of hydrogen-bond donors (Lipinski definition) is 1. The molecule has 1 aromatic carbocycles. The molecule has 0 bridgehead atoms. The number of carbonyl (C=O) groups is 1. The van der Waals surface area contributed by atoms with Crippen LogP contribution in [0.3, 0.4) is 0 Å². The number of nitrogens with zero attached hydrogens (tertiary/aromatic N) is 1. The third-order valence-electron chi connectivity index (χ3n) is 2.36. The normalized spacial score (nSPS) is 13.8. The van der Waals surface area contributed by atoms with Gasteiger partial charge in [-0.3, -0.25) is 19.1 Å². The predicted molar refractivity (Wildman–Crippen MR) is 65.8 cm³/mol. The van der Waals surface area contributed by atoms with Crippen molar-refractivity contribution in [1.29, 1.82) is 0 Å². The Morgan fingerprint density at radius 1 is 1.50 bits per heavy atom. The number of hydrogen-bond acceptors (Lipinski definition) is 4. The maximum Gasteiger partial charge on any atom is 0.319 e. The fourth-order valence-electron chi connectivity index (χ4n) is 1.52. The molecular weight excluding hydrogens is 258 g/mol. The van der Waals surface area contributed by atoms with Gasteiger partial charge in [-0.15, -0.1) is 0 Å². The van der Waals surface area contributed by atoms with Crippen LogP contribution in [0.5, 0.6) is 0 Å². The zero-order chi connectivity index (χ0) is 13.7. The molecular formula is C11H13NO5S. The quantitative estimate of drug-likeness (QED) is 0.630. The van der Waals surface area contributed by atoms with Gasteiger partial charge >= 0.3 is 5.97 Å². The number of nitro benzene ring substituents is 1. The second-order valence-electron chi connectivity index (χ2n) is 3.64. The minimum atomic E-state index is -1.92. The maximum absolute atomic E-state index is 12.1. The smallest absolute Gasteiger partial charge is 0.319 e. The molecule has 0 fully saturated rings. The molecule has 0 aliphatic rings. The molecule has 0 saturated carbocycles. The van der Waals surface area contributed by atoms with Crippen LogP contribution in [0.4, 0.5) is 5.69 Å². The van der Waals surface area contributed by atoms with Gasteiger partial charge in [0.05, 0.1) is 15.7 Å². The van der Waals surface area contributed by atoms with Crippen molar-refractivity contribution in [3.63, 3.8) is 0 Å². The van der Waals surface area contributed by atoms with E-state index in [1.807, 2.05) is 0 Å². The highest BCUT2D eigenvalue weighted by atomic mass is 32.2. The van der Waals surface area contributed by atoms with Gasteiger partial charge in [0.25, 0.3) is 5.69 Å². The van der Waals surface area contributed by atoms with Crippen molar-refractivity contribution in [3.05, 3.63) is 34.4 Å². The number of benzene rings is 1. The van der Waals surface area contributed by atoms with Gasteiger partial charge in [-0.1, -0.05) is 25.5 Å². The topological polar surface area (TPSA) is 97.5 Å². The Labute approximate surface area is 106 Å². The van der Waals surface area contributed by atoms with Crippen LogP contribution in [0.1, 0.15) is 19.8 Å². The zero-order valence-corrected chi connectivity index (χ0v) is 10.6. The summed E-state index contributed by atoms with van der Waals surface area (Å²) in [4.78, 5) is 21.1. The molecule has 0 radical (unpaired) electrons. The molecule has 0 heterocycles. The number of carboxylic acids is 1. The average Bonchev–Trinajstić information content (AvgIpc) is 2.34. The Morgan fingerprint density at radius 2 is 2.11 bits per heavy atom. The molecule has 0 saturated heterocycles. The highest BCUT2D eigenvalue weighted by Crippen LogP contribution is 2.25. The fraction of sp³-hybridized carbons (Fsp3) is 0.364. The summed E-state index contributed by atoms with van der Waals surface area (Å²) >= 11 is 0. The number of carboxylic acid groups (broad SMARTS) is 1. The summed E-state index contributed by atoms with van der Waals surface area (Å²) in [6, 6.07) is 5.51. The van der Waals surface area contributed by atoms with Gasteiger partial charge in [-0.05, 0) is 12.5 Å². The molecule has 98 valence electrons. The number of para-hydroxylation sites is 1. The van der Waals surface area contributed by atoms with Crippen molar-refractivity contribution in [2.45, 2.75) is 29.9 Å². The van der Waals surface area contributed by atoms with E-state index >= 15 is 0 Å². The average molecular weight is 271 g/mol. The molecule has 0 amide bonds.